The maximum Gasteiger partial charge on any atom is 0.406 e. The Hall–Kier alpha value is -3.71. The average molecular weight is 549 g/mol. The molecule has 38 heavy (non-hydrogen) atoms. The van der Waals surface area contributed by atoms with E-state index in [1.807, 2.05) is 11.9 Å². The summed E-state index contributed by atoms with van der Waals surface area (Å²) in [6.07, 6.45) is -3.49. The number of thiophene rings is 1. The number of alkyl halides is 4. The van der Waals surface area contributed by atoms with E-state index >= 15 is 0 Å². The number of nitrogens with zero attached hydrogens (tertiary/aromatic N) is 4. The van der Waals surface area contributed by atoms with Crippen molar-refractivity contribution in [2.45, 2.75) is 31.9 Å². The number of hydrogen-bond acceptors (Lipinski definition) is 7. The fourth-order valence-electron chi connectivity index (χ4n) is 4.32. The second-order valence-electron chi connectivity index (χ2n) is 9.02. The summed E-state index contributed by atoms with van der Waals surface area (Å²) in [5.74, 6) is -0.331. The van der Waals surface area contributed by atoms with Gasteiger partial charge in [0.2, 0.25) is 11.7 Å². The zero-order chi connectivity index (χ0) is 26.9. The number of aromatic nitrogens is 3. The Bertz CT molecular complexity index is 1460. The van der Waals surface area contributed by atoms with E-state index in [-0.39, 0.29) is 36.4 Å². The molecule has 0 spiro atoms. The molecule has 4 aromatic rings. The van der Waals surface area contributed by atoms with Crippen LogP contribution in [0.15, 0.2) is 57.4 Å². The molecule has 13 heteroatoms. The lowest BCUT2D eigenvalue weighted by Crippen LogP contribution is -2.35. The van der Waals surface area contributed by atoms with Crippen molar-refractivity contribution in [1.82, 2.24) is 24.9 Å². The number of piperidine rings is 1. The molecular weight excluding hydrogens is 524 g/mol. The first-order chi connectivity index (χ1) is 18.2. The number of hydrogen-bond donors (Lipinski definition) is 2. The van der Waals surface area contributed by atoms with E-state index in [2.05, 4.69) is 20.8 Å². The van der Waals surface area contributed by atoms with Crippen LogP contribution in [0.2, 0.25) is 0 Å². The SMILES string of the molecule is CN1CC/C(=C\Nc2cccc3c2cc(-c2noc(CNC(=O)c4ccsc4)n2)n3CC(F)(F)F)[C@H](F)C1. The standard InChI is InChI=1S/C25H24F4N6O2S/c1-34-7-5-15(18(26)12-34)10-30-19-3-2-4-20-17(19)9-21(35(20)14-25(27,28)29)23-32-22(37-33-23)11-31-24(36)16-6-8-38-13-16/h2-4,6,8-10,13,18,30H,5,7,11-12,14H2,1H3,(H,31,36)/b15-10+/t18-/m1/s1. The first-order valence-electron chi connectivity index (χ1n) is 11.8. The van der Waals surface area contributed by atoms with Gasteiger partial charge in [0.1, 0.15) is 12.7 Å². The molecule has 1 atom stereocenters. The first-order valence-corrected chi connectivity index (χ1v) is 12.7. The summed E-state index contributed by atoms with van der Waals surface area (Å²) >= 11 is 1.38. The molecule has 0 aliphatic carbocycles. The third-order valence-electron chi connectivity index (χ3n) is 6.23. The van der Waals surface area contributed by atoms with Crippen LogP contribution in [0.4, 0.5) is 23.2 Å². The van der Waals surface area contributed by atoms with E-state index in [0.717, 1.165) is 11.1 Å². The van der Waals surface area contributed by atoms with Crippen LogP contribution in [0.25, 0.3) is 22.4 Å². The van der Waals surface area contributed by atoms with Gasteiger partial charge in [0.05, 0.1) is 17.8 Å². The van der Waals surface area contributed by atoms with Crippen LogP contribution in [0.5, 0.6) is 0 Å². The highest BCUT2D eigenvalue weighted by atomic mass is 32.1. The van der Waals surface area contributed by atoms with Crippen molar-refractivity contribution in [1.29, 1.82) is 0 Å². The van der Waals surface area contributed by atoms with Gasteiger partial charge in [0.15, 0.2) is 0 Å². The lowest BCUT2D eigenvalue weighted by atomic mass is 10.0. The van der Waals surface area contributed by atoms with Gasteiger partial charge in [0, 0.05) is 41.3 Å². The van der Waals surface area contributed by atoms with Gasteiger partial charge in [-0.3, -0.25) is 4.79 Å². The quantitative estimate of drug-likeness (QED) is 0.308. The number of rotatable bonds is 7. The third-order valence-corrected chi connectivity index (χ3v) is 6.92. The molecule has 5 rings (SSSR count). The Balaban J connectivity index is 1.44. The van der Waals surface area contributed by atoms with E-state index in [0.29, 0.717) is 34.1 Å². The van der Waals surface area contributed by atoms with Crippen LogP contribution in [0.1, 0.15) is 22.7 Å². The van der Waals surface area contributed by atoms with Crippen LogP contribution in [-0.4, -0.2) is 58.0 Å². The number of nitrogens with one attached hydrogen (secondary N) is 2. The van der Waals surface area contributed by atoms with Gasteiger partial charge in [0.25, 0.3) is 5.91 Å². The third kappa shape index (κ3) is 5.73. The molecule has 1 saturated heterocycles. The normalized spacial score (nSPS) is 17.8. The van der Waals surface area contributed by atoms with Crippen molar-refractivity contribution in [3.8, 4) is 11.5 Å². The number of likely N-dealkylation sites (tertiary alicyclic amines) is 1. The molecule has 0 unspecified atom stereocenters. The van der Waals surface area contributed by atoms with Gasteiger partial charge >= 0.3 is 6.18 Å². The zero-order valence-corrected chi connectivity index (χ0v) is 21.1. The van der Waals surface area contributed by atoms with E-state index in [4.69, 9.17) is 4.52 Å². The van der Waals surface area contributed by atoms with Crippen LogP contribution < -0.4 is 10.6 Å². The van der Waals surface area contributed by atoms with Gasteiger partial charge in [-0.2, -0.15) is 29.5 Å². The average Bonchev–Trinajstić information content (AvgIpc) is 3.62. The minimum absolute atomic E-state index is 0.0475. The molecule has 3 aromatic heterocycles. The summed E-state index contributed by atoms with van der Waals surface area (Å²) in [4.78, 5) is 18.3. The van der Waals surface area contributed by atoms with Crippen molar-refractivity contribution >= 4 is 33.8 Å². The van der Waals surface area contributed by atoms with Crippen molar-refractivity contribution in [2.24, 2.45) is 0 Å². The number of carbonyl (C=O) groups excluding carboxylic acids is 1. The van der Waals surface area contributed by atoms with Crippen molar-refractivity contribution < 1.29 is 26.9 Å². The predicted molar refractivity (Wildman–Crippen MR) is 135 cm³/mol. The Labute approximate surface area is 218 Å². The molecule has 0 saturated carbocycles. The lowest BCUT2D eigenvalue weighted by Gasteiger charge is -2.27. The summed E-state index contributed by atoms with van der Waals surface area (Å²) in [6, 6.07) is 8.12. The number of fused-ring (bicyclic) bond motifs is 1. The van der Waals surface area contributed by atoms with E-state index in [1.165, 1.54) is 11.3 Å². The number of carbonyl (C=O) groups is 1. The Morgan fingerprint density at radius 2 is 2.16 bits per heavy atom. The van der Waals surface area contributed by atoms with Crippen LogP contribution >= 0.6 is 11.3 Å². The van der Waals surface area contributed by atoms with Crippen molar-refractivity contribution in [2.75, 3.05) is 25.5 Å². The number of amides is 1. The molecule has 8 nitrogen and oxygen atoms in total. The summed E-state index contributed by atoms with van der Waals surface area (Å²) in [6.45, 7) is -0.342. The molecule has 1 fully saturated rings. The summed E-state index contributed by atoms with van der Waals surface area (Å²) < 4.78 is 61.4. The van der Waals surface area contributed by atoms with Crippen LogP contribution in [0, 0.1) is 0 Å². The maximum atomic E-state index is 14.5. The Morgan fingerprint density at radius 3 is 2.89 bits per heavy atom. The molecule has 1 amide bonds. The maximum absolute atomic E-state index is 14.5. The van der Waals surface area contributed by atoms with Crippen LogP contribution in [0.3, 0.4) is 0 Å². The van der Waals surface area contributed by atoms with Gasteiger partial charge in [-0.25, -0.2) is 4.39 Å². The molecule has 4 heterocycles. The number of anilines is 1. The predicted octanol–water partition coefficient (Wildman–Crippen LogP) is 5.21. The van der Waals surface area contributed by atoms with Crippen molar-refractivity contribution in [3.05, 3.63) is 64.3 Å². The van der Waals surface area contributed by atoms with E-state index in [1.54, 1.807) is 47.3 Å². The molecule has 1 aromatic carbocycles. The summed E-state index contributed by atoms with van der Waals surface area (Å²) in [7, 11) is 1.85. The Morgan fingerprint density at radius 1 is 1.32 bits per heavy atom. The highest BCUT2D eigenvalue weighted by Gasteiger charge is 2.31. The first kappa shape index (κ1) is 25.9. The molecule has 0 radical (unpaired) electrons. The number of benzene rings is 1. The van der Waals surface area contributed by atoms with E-state index in [9.17, 15) is 22.4 Å². The molecule has 2 N–H and O–H groups in total. The van der Waals surface area contributed by atoms with Gasteiger partial charge in [-0.15, -0.1) is 0 Å². The lowest BCUT2D eigenvalue weighted by molar-refractivity contribution is -0.139. The second-order valence-corrected chi connectivity index (χ2v) is 9.80. The molecule has 1 aliphatic rings. The zero-order valence-electron chi connectivity index (χ0n) is 20.3. The summed E-state index contributed by atoms with van der Waals surface area (Å²) in [5, 5.41) is 13.5. The number of halogens is 4. The minimum Gasteiger partial charge on any atom is -0.361 e. The summed E-state index contributed by atoms with van der Waals surface area (Å²) in [5.41, 5.74) is 2.01. The molecule has 1 aliphatic heterocycles. The van der Waals surface area contributed by atoms with Gasteiger partial charge < -0.3 is 24.6 Å². The van der Waals surface area contributed by atoms with Gasteiger partial charge in [-0.1, -0.05) is 11.2 Å². The highest BCUT2D eigenvalue weighted by Crippen LogP contribution is 2.34. The minimum atomic E-state index is -4.51. The second kappa shape index (κ2) is 10.6. The largest absolute Gasteiger partial charge is 0.406 e. The Kier molecular flexibility index (Phi) is 7.21. The fraction of sp³-hybridized carbons (Fsp3) is 0.320. The van der Waals surface area contributed by atoms with Crippen molar-refractivity contribution in [3.63, 3.8) is 0 Å². The molecular formula is C25H24F4N6O2S. The van der Waals surface area contributed by atoms with E-state index < -0.39 is 18.9 Å². The fourth-order valence-corrected chi connectivity index (χ4v) is 4.96. The molecule has 200 valence electrons. The monoisotopic (exact) mass is 548 g/mol. The smallest absolute Gasteiger partial charge is 0.361 e. The van der Waals surface area contributed by atoms with Crippen LogP contribution in [-0.2, 0) is 13.1 Å². The molecule has 0 bridgehead atoms. The highest BCUT2D eigenvalue weighted by molar-refractivity contribution is 7.08. The van der Waals surface area contributed by atoms with Gasteiger partial charge in [-0.05, 0) is 48.7 Å². The topological polar surface area (TPSA) is 88.2 Å².